The van der Waals surface area contributed by atoms with Gasteiger partial charge in [-0.15, -0.1) is 0 Å². The molecular weight excluding hydrogens is 193 g/mol. The van der Waals surface area contributed by atoms with Gasteiger partial charge in [0.05, 0.1) is 6.61 Å². The summed E-state index contributed by atoms with van der Waals surface area (Å²) >= 11 is 0. The minimum atomic E-state index is -0.145. The van der Waals surface area contributed by atoms with Gasteiger partial charge in [-0.2, -0.15) is 5.48 Å². The highest BCUT2D eigenvalue weighted by Crippen LogP contribution is 2.36. The Hall–Kier alpha value is -0.930. The SMILES string of the molecule is CCONC1CC(c2cccc(F)c2)C1. The molecule has 82 valence electrons. The summed E-state index contributed by atoms with van der Waals surface area (Å²) in [5, 5.41) is 0. The van der Waals surface area contributed by atoms with Crippen LogP contribution >= 0.6 is 0 Å². The van der Waals surface area contributed by atoms with Gasteiger partial charge >= 0.3 is 0 Å². The van der Waals surface area contributed by atoms with E-state index in [9.17, 15) is 4.39 Å². The Morgan fingerprint density at radius 2 is 2.27 bits per heavy atom. The van der Waals surface area contributed by atoms with E-state index in [0.29, 0.717) is 18.6 Å². The van der Waals surface area contributed by atoms with Crippen molar-refractivity contribution in [3.63, 3.8) is 0 Å². The molecule has 15 heavy (non-hydrogen) atoms. The summed E-state index contributed by atoms with van der Waals surface area (Å²) in [7, 11) is 0. The summed E-state index contributed by atoms with van der Waals surface area (Å²) in [6.45, 7) is 2.64. The maximum atomic E-state index is 12.9. The van der Waals surface area contributed by atoms with Crippen LogP contribution in [0.25, 0.3) is 0 Å². The van der Waals surface area contributed by atoms with Crippen molar-refractivity contribution in [1.29, 1.82) is 0 Å². The van der Waals surface area contributed by atoms with Crippen LogP contribution in [0.5, 0.6) is 0 Å². The van der Waals surface area contributed by atoms with E-state index in [1.54, 1.807) is 12.1 Å². The molecule has 0 atom stereocenters. The maximum absolute atomic E-state index is 12.9. The van der Waals surface area contributed by atoms with Crippen molar-refractivity contribution in [3.8, 4) is 0 Å². The van der Waals surface area contributed by atoms with Crippen LogP contribution in [-0.2, 0) is 4.84 Å². The molecule has 1 aliphatic carbocycles. The van der Waals surface area contributed by atoms with Gasteiger partial charge in [0.2, 0.25) is 0 Å². The minimum Gasteiger partial charge on any atom is -0.302 e. The number of hydroxylamine groups is 1. The number of halogens is 1. The second-order valence-electron chi connectivity index (χ2n) is 3.97. The lowest BCUT2D eigenvalue weighted by Crippen LogP contribution is -2.40. The molecule has 0 amide bonds. The topological polar surface area (TPSA) is 21.3 Å². The van der Waals surface area contributed by atoms with Gasteiger partial charge in [-0.25, -0.2) is 4.39 Å². The third-order valence-electron chi connectivity index (χ3n) is 2.85. The minimum absolute atomic E-state index is 0.145. The average molecular weight is 209 g/mol. The average Bonchev–Trinajstić information content (AvgIpc) is 2.16. The maximum Gasteiger partial charge on any atom is 0.123 e. The van der Waals surface area contributed by atoms with Crippen molar-refractivity contribution in [3.05, 3.63) is 35.6 Å². The molecule has 1 N–H and O–H groups in total. The fourth-order valence-corrected chi connectivity index (χ4v) is 1.95. The third kappa shape index (κ3) is 2.55. The Kier molecular flexibility index (Phi) is 3.34. The van der Waals surface area contributed by atoms with Crippen LogP contribution in [0.2, 0.25) is 0 Å². The van der Waals surface area contributed by atoms with Crippen LogP contribution in [0.4, 0.5) is 4.39 Å². The Morgan fingerprint density at radius 1 is 1.47 bits per heavy atom. The molecule has 1 saturated carbocycles. The van der Waals surface area contributed by atoms with Crippen LogP contribution in [-0.4, -0.2) is 12.6 Å². The number of hydrogen-bond donors (Lipinski definition) is 1. The van der Waals surface area contributed by atoms with Gasteiger partial charge in [0.15, 0.2) is 0 Å². The van der Waals surface area contributed by atoms with Crippen LogP contribution in [0.15, 0.2) is 24.3 Å². The quantitative estimate of drug-likeness (QED) is 0.770. The fourth-order valence-electron chi connectivity index (χ4n) is 1.95. The highest BCUT2D eigenvalue weighted by Gasteiger charge is 2.30. The molecule has 0 spiro atoms. The van der Waals surface area contributed by atoms with Gasteiger partial charge in [0, 0.05) is 6.04 Å². The lowest BCUT2D eigenvalue weighted by Gasteiger charge is -2.35. The smallest absolute Gasteiger partial charge is 0.123 e. The third-order valence-corrected chi connectivity index (χ3v) is 2.85. The molecule has 1 aromatic rings. The van der Waals surface area contributed by atoms with Crippen molar-refractivity contribution in [2.75, 3.05) is 6.61 Å². The monoisotopic (exact) mass is 209 g/mol. The molecule has 1 aliphatic rings. The molecule has 0 saturated heterocycles. The van der Waals surface area contributed by atoms with Gasteiger partial charge in [0.25, 0.3) is 0 Å². The van der Waals surface area contributed by atoms with Gasteiger partial charge in [-0.1, -0.05) is 12.1 Å². The molecule has 0 heterocycles. The van der Waals surface area contributed by atoms with E-state index in [1.165, 1.54) is 6.07 Å². The van der Waals surface area contributed by atoms with Crippen LogP contribution in [0, 0.1) is 5.82 Å². The van der Waals surface area contributed by atoms with Gasteiger partial charge in [-0.05, 0) is 43.4 Å². The Balaban J connectivity index is 1.84. The largest absolute Gasteiger partial charge is 0.302 e. The van der Waals surface area contributed by atoms with Crippen molar-refractivity contribution in [1.82, 2.24) is 5.48 Å². The van der Waals surface area contributed by atoms with Crippen LogP contribution in [0.1, 0.15) is 31.2 Å². The van der Waals surface area contributed by atoms with Gasteiger partial charge in [0.1, 0.15) is 5.82 Å². The summed E-state index contributed by atoms with van der Waals surface area (Å²) in [6, 6.07) is 7.30. The molecule has 2 rings (SSSR count). The zero-order valence-corrected chi connectivity index (χ0v) is 8.87. The standard InChI is InChI=1S/C12H16FNO/c1-2-15-14-12-7-10(8-12)9-4-3-5-11(13)6-9/h3-6,10,12,14H,2,7-8H2,1H3. The molecule has 0 radical (unpaired) electrons. The van der Waals surface area contributed by atoms with Gasteiger partial charge in [-0.3, -0.25) is 0 Å². The molecule has 3 heteroatoms. The molecule has 1 fully saturated rings. The highest BCUT2D eigenvalue weighted by molar-refractivity contribution is 5.23. The van der Waals surface area contributed by atoms with E-state index in [4.69, 9.17) is 4.84 Å². The molecule has 1 aromatic carbocycles. The molecule has 0 bridgehead atoms. The first-order valence-corrected chi connectivity index (χ1v) is 5.42. The molecule has 0 aromatic heterocycles. The summed E-state index contributed by atoms with van der Waals surface area (Å²) < 4.78 is 12.9. The summed E-state index contributed by atoms with van der Waals surface area (Å²) in [5.41, 5.74) is 4.09. The van der Waals surface area contributed by atoms with Crippen molar-refractivity contribution >= 4 is 0 Å². The lowest BCUT2D eigenvalue weighted by molar-refractivity contribution is -0.00159. The Morgan fingerprint density at radius 3 is 2.93 bits per heavy atom. The van der Waals surface area contributed by atoms with E-state index < -0.39 is 0 Å². The predicted octanol–water partition coefficient (Wildman–Crippen LogP) is 2.61. The first-order valence-electron chi connectivity index (χ1n) is 5.42. The number of benzene rings is 1. The zero-order valence-electron chi connectivity index (χ0n) is 8.87. The van der Waals surface area contributed by atoms with Crippen molar-refractivity contribution in [2.24, 2.45) is 0 Å². The first kappa shape index (κ1) is 10.6. The van der Waals surface area contributed by atoms with E-state index in [2.05, 4.69) is 5.48 Å². The normalized spacial score (nSPS) is 24.9. The summed E-state index contributed by atoms with van der Waals surface area (Å²) in [5.74, 6) is 0.340. The lowest BCUT2D eigenvalue weighted by atomic mass is 9.76. The van der Waals surface area contributed by atoms with E-state index in [-0.39, 0.29) is 5.82 Å². The number of rotatable bonds is 4. The molecular formula is C12H16FNO. The van der Waals surface area contributed by atoms with Crippen molar-refractivity contribution in [2.45, 2.75) is 31.7 Å². The summed E-state index contributed by atoms with van der Waals surface area (Å²) in [6.07, 6.45) is 2.06. The molecule has 2 nitrogen and oxygen atoms in total. The van der Waals surface area contributed by atoms with E-state index in [0.717, 1.165) is 18.4 Å². The fraction of sp³-hybridized carbons (Fsp3) is 0.500. The van der Waals surface area contributed by atoms with E-state index in [1.807, 2.05) is 13.0 Å². The van der Waals surface area contributed by atoms with Crippen LogP contribution in [0.3, 0.4) is 0 Å². The predicted molar refractivity (Wildman–Crippen MR) is 56.9 cm³/mol. The highest BCUT2D eigenvalue weighted by atomic mass is 19.1. The van der Waals surface area contributed by atoms with E-state index >= 15 is 0 Å². The summed E-state index contributed by atoms with van der Waals surface area (Å²) in [4.78, 5) is 5.12. The molecule has 0 unspecified atom stereocenters. The Labute approximate surface area is 89.4 Å². The molecule has 0 aliphatic heterocycles. The second-order valence-corrected chi connectivity index (χ2v) is 3.97. The Bertz CT molecular complexity index is 323. The van der Waals surface area contributed by atoms with Crippen molar-refractivity contribution < 1.29 is 9.23 Å². The number of hydrogen-bond acceptors (Lipinski definition) is 2. The zero-order chi connectivity index (χ0) is 10.7. The van der Waals surface area contributed by atoms with Crippen LogP contribution < -0.4 is 5.48 Å². The first-order chi connectivity index (χ1) is 7.29. The van der Waals surface area contributed by atoms with Gasteiger partial charge < -0.3 is 4.84 Å². The number of nitrogens with one attached hydrogen (secondary N) is 1. The second kappa shape index (κ2) is 4.73.